The van der Waals surface area contributed by atoms with Gasteiger partial charge in [-0.3, -0.25) is 4.79 Å². The molecule has 0 radical (unpaired) electrons. The SMILES string of the molecule is Cc1cc(C(=O)NCC2CCCNC2)c(C)n1-c1ccc(F)cc1. The van der Waals surface area contributed by atoms with Crippen LogP contribution in [0.1, 0.15) is 34.6 Å². The number of aryl methyl sites for hydroxylation is 1. The van der Waals surface area contributed by atoms with Crippen LogP contribution in [0.3, 0.4) is 0 Å². The van der Waals surface area contributed by atoms with Gasteiger partial charge in [0.2, 0.25) is 0 Å². The molecule has 1 fully saturated rings. The maximum atomic E-state index is 13.1. The number of rotatable bonds is 4. The van der Waals surface area contributed by atoms with Gasteiger partial charge in [0.15, 0.2) is 0 Å². The smallest absolute Gasteiger partial charge is 0.253 e. The lowest BCUT2D eigenvalue weighted by molar-refractivity contribution is 0.0944. The minimum absolute atomic E-state index is 0.0398. The average Bonchev–Trinajstić information content (AvgIpc) is 2.89. The Labute approximate surface area is 142 Å². The van der Waals surface area contributed by atoms with E-state index in [1.54, 1.807) is 12.1 Å². The van der Waals surface area contributed by atoms with Crippen molar-refractivity contribution in [1.29, 1.82) is 0 Å². The van der Waals surface area contributed by atoms with Crippen LogP contribution in [-0.2, 0) is 0 Å². The lowest BCUT2D eigenvalue weighted by Crippen LogP contribution is -2.38. The Hall–Kier alpha value is -2.14. The molecule has 1 amide bonds. The molecular weight excluding hydrogens is 305 g/mol. The molecule has 2 heterocycles. The minimum Gasteiger partial charge on any atom is -0.352 e. The molecule has 1 saturated heterocycles. The van der Waals surface area contributed by atoms with Crippen LogP contribution in [0, 0.1) is 25.6 Å². The maximum Gasteiger partial charge on any atom is 0.253 e. The molecule has 0 saturated carbocycles. The van der Waals surface area contributed by atoms with Gasteiger partial charge in [0.1, 0.15) is 5.82 Å². The van der Waals surface area contributed by atoms with Crippen LogP contribution < -0.4 is 10.6 Å². The van der Waals surface area contributed by atoms with Crippen molar-refractivity contribution in [3.05, 3.63) is 53.1 Å². The van der Waals surface area contributed by atoms with Crippen molar-refractivity contribution in [3.63, 3.8) is 0 Å². The molecule has 0 bridgehead atoms. The molecule has 2 N–H and O–H groups in total. The predicted molar refractivity (Wildman–Crippen MR) is 93.1 cm³/mol. The van der Waals surface area contributed by atoms with Crippen LogP contribution in [0.4, 0.5) is 4.39 Å². The summed E-state index contributed by atoms with van der Waals surface area (Å²) in [5.41, 5.74) is 3.38. The second kappa shape index (κ2) is 7.18. The first-order valence-electron chi connectivity index (χ1n) is 8.50. The maximum absolute atomic E-state index is 13.1. The Bertz CT molecular complexity index is 715. The molecule has 1 aromatic heterocycles. The van der Waals surface area contributed by atoms with Gasteiger partial charge in [-0.05, 0) is 76.0 Å². The number of carbonyl (C=O) groups excluding carboxylic acids is 1. The van der Waals surface area contributed by atoms with E-state index in [1.807, 2.05) is 24.5 Å². The molecule has 128 valence electrons. The van der Waals surface area contributed by atoms with Gasteiger partial charge < -0.3 is 15.2 Å². The summed E-state index contributed by atoms with van der Waals surface area (Å²) in [6.45, 7) is 6.62. The zero-order valence-electron chi connectivity index (χ0n) is 14.2. The molecule has 1 aliphatic heterocycles. The molecule has 2 aromatic rings. The first-order chi connectivity index (χ1) is 11.6. The summed E-state index contributed by atoms with van der Waals surface area (Å²) in [5, 5.41) is 6.42. The van der Waals surface area contributed by atoms with Crippen molar-refractivity contribution >= 4 is 5.91 Å². The van der Waals surface area contributed by atoms with Crippen LogP contribution >= 0.6 is 0 Å². The van der Waals surface area contributed by atoms with Crippen molar-refractivity contribution in [3.8, 4) is 5.69 Å². The van der Waals surface area contributed by atoms with Crippen molar-refractivity contribution in [2.24, 2.45) is 5.92 Å². The number of amides is 1. The molecule has 1 aromatic carbocycles. The molecule has 4 nitrogen and oxygen atoms in total. The van der Waals surface area contributed by atoms with Gasteiger partial charge in [0, 0.05) is 23.6 Å². The van der Waals surface area contributed by atoms with E-state index >= 15 is 0 Å². The zero-order valence-corrected chi connectivity index (χ0v) is 14.2. The monoisotopic (exact) mass is 329 g/mol. The Morgan fingerprint density at radius 1 is 1.33 bits per heavy atom. The molecule has 3 rings (SSSR count). The molecule has 1 aliphatic rings. The van der Waals surface area contributed by atoms with Crippen LogP contribution in [0.5, 0.6) is 0 Å². The summed E-state index contributed by atoms with van der Waals surface area (Å²) in [7, 11) is 0. The Morgan fingerprint density at radius 2 is 2.08 bits per heavy atom. The summed E-state index contributed by atoms with van der Waals surface area (Å²) >= 11 is 0. The van der Waals surface area contributed by atoms with E-state index in [9.17, 15) is 9.18 Å². The number of hydrogen-bond donors (Lipinski definition) is 2. The van der Waals surface area contributed by atoms with Gasteiger partial charge in [-0.1, -0.05) is 0 Å². The van der Waals surface area contributed by atoms with Crippen LogP contribution in [0.15, 0.2) is 30.3 Å². The number of aromatic nitrogens is 1. The molecule has 24 heavy (non-hydrogen) atoms. The fourth-order valence-corrected chi connectivity index (χ4v) is 3.41. The summed E-state index contributed by atoms with van der Waals surface area (Å²) in [5.74, 6) is 0.200. The second-order valence-electron chi connectivity index (χ2n) is 6.52. The fraction of sp³-hybridized carbons (Fsp3) is 0.421. The zero-order chi connectivity index (χ0) is 17.1. The Balaban J connectivity index is 1.75. The van der Waals surface area contributed by atoms with Gasteiger partial charge in [-0.15, -0.1) is 0 Å². The Morgan fingerprint density at radius 3 is 2.75 bits per heavy atom. The highest BCUT2D eigenvalue weighted by atomic mass is 19.1. The van der Waals surface area contributed by atoms with E-state index in [4.69, 9.17) is 0 Å². The highest BCUT2D eigenvalue weighted by Gasteiger charge is 2.19. The van der Waals surface area contributed by atoms with E-state index in [0.717, 1.165) is 36.6 Å². The third-order valence-electron chi connectivity index (χ3n) is 4.71. The second-order valence-corrected chi connectivity index (χ2v) is 6.52. The minimum atomic E-state index is -0.264. The third kappa shape index (κ3) is 3.51. The molecular formula is C19H24FN3O. The number of nitrogens with one attached hydrogen (secondary N) is 2. The highest BCUT2D eigenvalue weighted by Crippen LogP contribution is 2.21. The van der Waals surface area contributed by atoms with E-state index in [0.29, 0.717) is 18.0 Å². The van der Waals surface area contributed by atoms with Gasteiger partial charge in [-0.2, -0.15) is 0 Å². The topological polar surface area (TPSA) is 46.1 Å². The highest BCUT2D eigenvalue weighted by molar-refractivity contribution is 5.95. The molecule has 0 spiro atoms. The van der Waals surface area contributed by atoms with Gasteiger partial charge >= 0.3 is 0 Å². The normalized spacial score (nSPS) is 17.7. The number of benzene rings is 1. The van der Waals surface area contributed by atoms with Gasteiger partial charge in [0.05, 0.1) is 5.56 Å². The summed E-state index contributed by atoms with van der Waals surface area (Å²) in [6.07, 6.45) is 2.32. The number of hydrogen-bond acceptors (Lipinski definition) is 2. The molecule has 5 heteroatoms. The van der Waals surface area contributed by atoms with E-state index in [1.165, 1.54) is 18.6 Å². The quantitative estimate of drug-likeness (QED) is 0.906. The standard InChI is InChI=1S/C19H24FN3O/c1-13-10-18(19(24)22-12-15-4-3-9-21-11-15)14(2)23(13)17-7-5-16(20)6-8-17/h5-8,10,15,21H,3-4,9,11-12H2,1-2H3,(H,22,24). The summed E-state index contributed by atoms with van der Waals surface area (Å²) < 4.78 is 15.1. The predicted octanol–water partition coefficient (Wildman–Crippen LogP) is 2.96. The van der Waals surface area contributed by atoms with Crippen molar-refractivity contribution < 1.29 is 9.18 Å². The van der Waals surface area contributed by atoms with E-state index in [-0.39, 0.29) is 11.7 Å². The largest absolute Gasteiger partial charge is 0.352 e. The van der Waals surface area contributed by atoms with Crippen molar-refractivity contribution in [2.75, 3.05) is 19.6 Å². The third-order valence-corrected chi connectivity index (χ3v) is 4.71. The van der Waals surface area contributed by atoms with Crippen LogP contribution in [0.25, 0.3) is 5.69 Å². The average molecular weight is 329 g/mol. The number of nitrogens with zero attached hydrogens (tertiary/aromatic N) is 1. The number of halogens is 1. The fourth-order valence-electron chi connectivity index (χ4n) is 3.41. The molecule has 0 aliphatic carbocycles. The van der Waals surface area contributed by atoms with Gasteiger partial charge in [-0.25, -0.2) is 4.39 Å². The summed E-state index contributed by atoms with van der Waals surface area (Å²) in [6, 6.07) is 8.22. The first-order valence-corrected chi connectivity index (χ1v) is 8.50. The lowest BCUT2D eigenvalue weighted by atomic mass is 10.00. The van der Waals surface area contributed by atoms with Crippen molar-refractivity contribution in [2.45, 2.75) is 26.7 Å². The summed E-state index contributed by atoms with van der Waals surface area (Å²) in [4.78, 5) is 12.6. The van der Waals surface area contributed by atoms with E-state index < -0.39 is 0 Å². The van der Waals surface area contributed by atoms with Gasteiger partial charge in [0.25, 0.3) is 5.91 Å². The molecule has 1 atom stereocenters. The Kier molecular flexibility index (Phi) is 5.00. The first kappa shape index (κ1) is 16.7. The number of carbonyl (C=O) groups is 1. The van der Waals surface area contributed by atoms with Crippen molar-refractivity contribution in [1.82, 2.24) is 15.2 Å². The molecule has 1 unspecified atom stereocenters. The number of piperidine rings is 1. The van der Waals surface area contributed by atoms with Crippen LogP contribution in [0.2, 0.25) is 0 Å². The van der Waals surface area contributed by atoms with Crippen LogP contribution in [-0.4, -0.2) is 30.1 Å². The van der Waals surface area contributed by atoms with E-state index in [2.05, 4.69) is 10.6 Å². The lowest BCUT2D eigenvalue weighted by Gasteiger charge is -2.22.